The SMILES string of the molecule is CCCCCCC/C=C\C/C=C\C/C=C\CCCCCCCCC(=O)OC(COCCCCCCCCCCCCCCCCCCCC)COP(=O)(O)OCC[N+](C)(C)C. The lowest BCUT2D eigenvalue weighted by atomic mass is 10.0. The average Bonchev–Trinajstić information content (AvgIpc) is 3.22. The Labute approximate surface area is 378 Å². The highest BCUT2D eigenvalue weighted by molar-refractivity contribution is 7.47. The Morgan fingerprint density at radius 1 is 0.508 bits per heavy atom. The second-order valence-corrected chi connectivity index (χ2v) is 20.0. The summed E-state index contributed by atoms with van der Waals surface area (Å²) in [7, 11) is 1.67. The van der Waals surface area contributed by atoms with Gasteiger partial charge in [-0.25, -0.2) is 4.57 Å². The zero-order valence-electron chi connectivity index (χ0n) is 40.9. The summed E-state index contributed by atoms with van der Waals surface area (Å²) in [4.78, 5) is 23.0. The number of phosphoric ester groups is 1. The molecule has 0 aromatic heterocycles. The van der Waals surface area contributed by atoms with Gasteiger partial charge in [0.05, 0.1) is 34.4 Å². The Morgan fingerprint density at radius 3 is 1.34 bits per heavy atom. The van der Waals surface area contributed by atoms with Crippen molar-refractivity contribution in [3.05, 3.63) is 36.5 Å². The van der Waals surface area contributed by atoms with E-state index in [1.165, 1.54) is 154 Å². The molecule has 360 valence electrons. The fourth-order valence-corrected chi connectivity index (χ4v) is 7.95. The van der Waals surface area contributed by atoms with Crippen molar-refractivity contribution in [1.29, 1.82) is 0 Å². The third-order valence-corrected chi connectivity index (χ3v) is 12.2. The van der Waals surface area contributed by atoms with Crippen LogP contribution in [0.4, 0.5) is 0 Å². The Balaban J connectivity index is 4.16. The van der Waals surface area contributed by atoms with Crippen molar-refractivity contribution in [2.75, 3.05) is 54.1 Å². The van der Waals surface area contributed by atoms with Gasteiger partial charge < -0.3 is 18.9 Å². The molecule has 61 heavy (non-hydrogen) atoms. The molecule has 2 atom stereocenters. The summed E-state index contributed by atoms with van der Waals surface area (Å²) in [5.41, 5.74) is 0. The fraction of sp³-hybridized carbons (Fsp3) is 0.865. The largest absolute Gasteiger partial charge is 0.472 e. The lowest BCUT2D eigenvalue weighted by Gasteiger charge is -2.24. The maximum Gasteiger partial charge on any atom is 0.472 e. The predicted molar refractivity (Wildman–Crippen MR) is 261 cm³/mol. The van der Waals surface area contributed by atoms with Gasteiger partial charge in [0.2, 0.25) is 0 Å². The van der Waals surface area contributed by atoms with Crippen LogP contribution in [0.2, 0.25) is 0 Å². The van der Waals surface area contributed by atoms with Gasteiger partial charge in [0.15, 0.2) is 0 Å². The first-order chi connectivity index (χ1) is 29.6. The van der Waals surface area contributed by atoms with E-state index in [0.717, 1.165) is 57.8 Å². The smallest absolute Gasteiger partial charge is 0.457 e. The zero-order valence-corrected chi connectivity index (χ0v) is 41.8. The van der Waals surface area contributed by atoms with E-state index in [9.17, 15) is 14.3 Å². The molecule has 9 heteroatoms. The van der Waals surface area contributed by atoms with E-state index >= 15 is 0 Å². The van der Waals surface area contributed by atoms with Crippen molar-refractivity contribution >= 4 is 13.8 Å². The standard InChI is InChI=1S/C52H100NO7P/c1-6-8-10-12-14-16-18-20-22-24-26-27-28-29-31-33-35-37-39-41-43-45-52(54)60-51(50-59-61(55,56)58-48-46-53(3,4)5)49-57-47-44-42-40-38-36-34-32-30-25-23-21-19-17-15-13-11-9-7-2/h18,20,24,26,28-29,51H,6-17,19,21-23,25,27,30-50H2,1-5H3/p+1/b20-18-,26-24-,29-28-. The number of phosphoric acid groups is 1. The van der Waals surface area contributed by atoms with Gasteiger partial charge in [-0.3, -0.25) is 13.8 Å². The van der Waals surface area contributed by atoms with Crippen LogP contribution in [0, 0.1) is 0 Å². The van der Waals surface area contributed by atoms with Crippen LogP contribution in [0.15, 0.2) is 36.5 Å². The van der Waals surface area contributed by atoms with Gasteiger partial charge in [0, 0.05) is 13.0 Å². The molecular weight excluding hydrogens is 782 g/mol. The minimum atomic E-state index is -4.28. The topological polar surface area (TPSA) is 91.3 Å². The highest BCUT2D eigenvalue weighted by Crippen LogP contribution is 2.43. The first kappa shape index (κ1) is 59.7. The molecule has 1 N–H and O–H groups in total. The third-order valence-electron chi connectivity index (χ3n) is 11.2. The summed E-state index contributed by atoms with van der Waals surface area (Å²) < 4.78 is 35.1. The Bertz CT molecular complexity index is 1070. The monoisotopic (exact) mass is 883 g/mol. The number of hydrogen-bond donors (Lipinski definition) is 1. The summed E-state index contributed by atoms with van der Waals surface area (Å²) in [5.74, 6) is -0.322. The van der Waals surface area contributed by atoms with E-state index in [1.807, 2.05) is 21.1 Å². The summed E-state index contributed by atoms with van der Waals surface area (Å²) in [6.45, 7) is 5.64. The quantitative estimate of drug-likeness (QED) is 0.0214. The molecule has 0 aliphatic carbocycles. The van der Waals surface area contributed by atoms with E-state index in [1.54, 1.807) is 0 Å². The van der Waals surface area contributed by atoms with Gasteiger partial charge >= 0.3 is 13.8 Å². The van der Waals surface area contributed by atoms with E-state index in [-0.39, 0.29) is 25.8 Å². The Hall–Kier alpha value is -1.28. The maximum atomic E-state index is 12.8. The first-order valence-electron chi connectivity index (χ1n) is 25.7. The minimum Gasteiger partial charge on any atom is -0.457 e. The predicted octanol–water partition coefficient (Wildman–Crippen LogP) is 15.7. The molecule has 0 aliphatic rings. The van der Waals surface area contributed by atoms with Gasteiger partial charge in [-0.15, -0.1) is 0 Å². The van der Waals surface area contributed by atoms with E-state index in [0.29, 0.717) is 24.1 Å². The van der Waals surface area contributed by atoms with Crippen molar-refractivity contribution in [2.45, 2.75) is 238 Å². The molecule has 0 aliphatic heterocycles. The number of carbonyl (C=O) groups excluding carboxylic acids is 1. The van der Waals surface area contributed by atoms with Gasteiger partial charge in [-0.1, -0.05) is 211 Å². The van der Waals surface area contributed by atoms with E-state index in [2.05, 4.69) is 50.3 Å². The third kappa shape index (κ3) is 49.6. The molecule has 8 nitrogen and oxygen atoms in total. The molecule has 0 spiro atoms. The highest BCUT2D eigenvalue weighted by Gasteiger charge is 2.26. The molecule has 0 aromatic carbocycles. The molecule has 0 amide bonds. The second kappa shape index (κ2) is 45.3. The minimum absolute atomic E-state index is 0.0868. The maximum absolute atomic E-state index is 12.8. The Morgan fingerprint density at radius 2 is 0.902 bits per heavy atom. The van der Waals surface area contributed by atoms with Crippen LogP contribution >= 0.6 is 7.82 Å². The van der Waals surface area contributed by atoms with E-state index < -0.39 is 13.9 Å². The van der Waals surface area contributed by atoms with Gasteiger partial charge in [-0.2, -0.15) is 0 Å². The molecule has 2 unspecified atom stereocenters. The lowest BCUT2D eigenvalue weighted by Crippen LogP contribution is -2.37. The number of allylic oxidation sites excluding steroid dienone is 6. The van der Waals surface area contributed by atoms with Crippen LogP contribution in [0.3, 0.4) is 0 Å². The summed E-state index contributed by atoms with van der Waals surface area (Å²) in [5, 5.41) is 0. The van der Waals surface area contributed by atoms with Gasteiger partial charge in [0.1, 0.15) is 19.3 Å². The van der Waals surface area contributed by atoms with Crippen molar-refractivity contribution in [1.82, 2.24) is 0 Å². The normalized spacial score (nSPS) is 13.9. The number of nitrogens with zero attached hydrogens (tertiary/aromatic N) is 1. The first-order valence-corrected chi connectivity index (χ1v) is 27.2. The number of carbonyl (C=O) groups is 1. The number of quaternary nitrogens is 1. The summed E-state index contributed by atoms with van der Waals surface area (Å²) >= 11 is 0. The summed E-state index contributed by atoms with van der Waals surface area (Å²) in [6, 6.07) is 0. The number of ether oxygens (including phenoxy) is 2. The number of esters is 1. The van der Waals surface area contributed by atoms with Crippen LogP contribution in [-0.2, 0) is 27.9 Å². The fourth-order valence-electron chi connectivity index (χ4n) is 7.21. The molecule has 0 bridgehead atoms. The van der Waals surface area contributed by atoms with Gasteiger partial charge in [0.25, 0.3) is 0 Å². The second-order valence-electron chi connectivity index (χ2n) is 18.6. The molecule has 0 radical (unpaired) electrons. The Kier molecular flexibility index (Phi) is 44.3. The molecule has 0 aromatic rings. The van der Waals surface area contributed by atoms with Crippen LogP contribution in [0.5, 0.6) is 0 Å². The molecule has 0 fully saturated rings. The zero-order chi connectivity index (χ0) is 44.8. The van der Waals surface area contributed by atoms with E-state index in [4.69, 9.17) is 18.5 Å². The van der Waals surface area contributed by atoms with Crippen LogP contribution in [-0.4, -0.2) is 75.6 Å². The van der Waals surface area contributed by atoms with Crippen molar-refractivity contribution in [3.63, 3.8) is 0 Å². The van der Waals surface area contributed by atoms with Crippen molar-refractivity contribution in [2.24, 2.45) is 0 Å². The van der Waals surface area contributed by atoms with Crippen LogP contribution in [0.1, 0.15) is 232 Å². The molecule has 0 saturated carbocycles. The summed E-state index contributed by atoms with van der Waals surface area (Å²) in [6.07, 6.45) is 54.7. The molecule has 0 rings (SSSR count). The van der Waals surface area contributed by atoms with Gasteiger partial charge in [-0.05, 0) is 51.4 Å². The average molecular weight is 883 g/mol. The number of likely N-dealkylation sites (N-methyl/N-ethyl adjacent to an activating group) is 1. The van der Waals surface area contributed by atoms with Crippen LogP contribution < -0.4 is 0 Å². The number of rotatable bonds is 48. The van der Waals surface area contributed by atoms with Crippen molar-refractivity contribution < 1.29 is 37.3 Å². The number of unbranched alkanes of at least 4 members (excludes halogenated alkanes) is 28. The van der Waals surface area contributed by atoms with Crippen LogP contribution in [0.25, 0.3) is 0 Å². The highest BCUT2D eigenvalue weighted by atomic mass is 31.2. The molecule has 0 heterocycles. The molecule has 0 saturated heterocycles. The lowest BCUT2D eigenvalue weighted by molar-refractivity contribution is -0.870. The van der Waals surface area contributed by atoms with Crippen molar-refractivity contribution in [3.8, 4) is 0 Å². The number of hydrogen-bond acceptors (Lipinski definition) is 6. The molecular formula is C52H101NO7P+.